The van der Waals surface area contributed by atoms with Crippen molar-refractivity contribution >= 4 is 22.0 Å². The average Bonchev–Trinajstić information content (AvgIpc) is 3.39. The number of aromatic nitrogens is 5. The molecule has 0 unspecified atom stereocenters. The van der Waals surface area contributed by atoms with Gasteiger partial charge >= 0.3 is 6.18 Å². The molecule has 5 aromatic rings. The molecule has 0 saturated carbocycles. The fourth-order valence-electron chi connectivity index (χ4n) is 3.41. The highest BCUT2D eigenvalue weighted by atomic mass is 19.4. The van der Waals surface area contributed by atoms with Crippen molar-refractivity contribution in [3.63, 3.8) is 0 Å². The van der Waals surface area contributed by atoms with Gasteiger partial charge in [-0.1, -0.05) is 23.1 Å². The Balaban J connectivity index is 1.51. The van der Waals surface area contributed by atoms with Crippen molar-refractivity contribution in [2.75, 3.05) is 0 Å². The van der Waals surface area contributed by atoms with E-state index in [-0.39, 0.29) is 6.42 Å². The molecule has 0 aliphatic rings. The molecular weight excluding hydrogens is 419 g/mol. The maximum atomic E-state index is 13.0. The average molecular weight is 433 g/mol. The van der Waals surface area contributed by atoms with Gasteiger partial charge in [-0.05, 0) is 36.2 Å². The zero-order valence-corrected chi connectivity index (χ0v) is 16.7. The summed E-state index contributed by atoms with van der Waals surface area (Å²) in [6.07, 6.45) is 1.21. The van der Waals surface area contributed by atoms with Gasteiger partial charge in [-0.25, -0.2) is 4.98 Å². The van der Waals surface area contributed by atoms with Crippen LogP contribution in [0.3, 0.4) is 0 Å². The molecule has 158 valence electrons. The Labute approximate surface area is 179 Å². The highest BCUT2D eigenvalue weighted by Gasteiger charge is 2.31. The third kappa shape index (κ3) is 3.67. The lowest BCUT2D eigenvalue weighted by molar-refractivity contribution is -0.137. The minimum Gasteiger partial charge on any atom is -0.355 e. The molecule has 0 saturated heterocycles. The summed E-state index contributed by atoms with van der Waals surface area (Å²) in [5, 5.41) is 12.4. The van der Waals surface area contributed by atoms with E-state index < -0.39 is 11.7 Å². The number of halogens is 3. The molecule has 1 aromatic carbocycles. The van der Waals surface area contributed by atoms with Crippen LogP contribution in [0.5, 0.6) is 0 Å². The lowest BCUT2D eigenvalue weighted by atomic mass is 10.0. The lowest BCUT2D eigenvalue weighted by Crippen LogP contribution is -2.06. The van der Waals surface area contributed by atoms with Gasteiger partial charge in [0, 0.05) is 41.3 Å². The van der Waals surface area contributed by atoms with E-state index in [9.17, 15) is 13.2 Å². The van der Waals surface area contributed by atoms with Gasteiger partial charge in [-0.2, -0.15) is 18.3 Å². The standard InChI is InChI=1S/C23H14F3N5O/c1-13-2-4-19-20(8-15-7-17(12-27-9-15)23(24,25)26)31-32-21(19)18(13)5-3-14-6-16-11-29-30-22(16)28-10-14/h2,4,6-7,9-12H,8H2,1H3,(H,28,29,30). The van der Waals surface area contributed by atoms with Crippen molar-refractivity contribution in [3.05, 3.63) is 82.6 Å². The summed E-state index contributed by atoms with van der Waals surface area (Å²) < 4.78 is 44.5. The minimum absolute atomic E-state index is 0.154. The summed E-state index contributed by atoms with van der Waals surface area (Å²) in [6.45, 7) is 1.90. The number of H-pyrrole nitrogens is 1. The molecule has 6 nitrogen and oxygen atoms in total. The van der Waals surface area contributed by atoms with E-state index in [2.05, 4.69) is 37.2 Å². The van der Waals surface area contributed by atoms with E-state index in [1.54, 1.807) is 12.4 Å². The van der Waals surface area contributed by atoms with Gasteiger partial charge in [0.05, 0.1) is 23.0 Å². The van der Waals surface area contributed by atoms with Crippen LogP contribution in [0.2, 0.25) is 0 Å². The van der Waals surface area contributed by atoms with Gasteiger partial charge in [0.1, 0.15) is 0 Å². The molecule has 0 radical (unpaired) electrons. The van der Waals surface area contributed by atoms with Crippen LogP contribution in [0.15, 0.2) is 53.6 Å². The second-order valence-corrected chi connectivity index (χ2v) is 7.30. The molecule has 32 heavy (non-hydrogen) atoms. The molecule has 0 fully saturated rings. The number of hydrogen-bond donors (Lipinski definition) is 1. The highest BCUT2D eigenvalue weighted by molar-refractivity contribution is 5.86. The number of fused-ring (bicyclic) bond motifs is 2. The molecule has 0 aliphatic carbocycles. The Morgan fingerprint density at radius 2 is 1.94 bits per heavy atom. The molecule has 0 bridgehead atoms. The lowest BCUT2D eigenvalue weighted by Gasteiger charge is -2.07. The summed E-state index contributed by atoms with van der Waals surface area (Å²) in [5.74, 6) is 6.20. The maximum absolute atomic E-state index is 13.0. The highest BCUT2D eigenvalue weighted by Crippen LogP contribution is 2.30. The van der Waals surface area contributed by atoms with Gasteiger partial charge in [-0.3, -0.25) is 10.1 Å². The molecule has 4 heterocycles. The first-order chi connectivity index (χ1) is 15.4. The molecule has 0 spiro atoms. The van der Waals surface area contributed by atoms with Crippen LogP contribution < -0.4 is 0 Å². The van der Waals surface area contributed by atoms with Crippen molar-refractivity contribution < 1.29 is 17.7 Å². The fourth-order valence-corrected chi connectivity index (χ4v) is 3.41. The predicted molar refractivity (Wildman–Crippen MR) is 111 cm³/mol. The van der Waals surface area contributed by atoms with Crippen LogP contribution in [0.1, 0.15) is 33.5 Å². The summed E-state index contributed by atoms with van der Waals surface area (Å²) in [4.78, 5) is 7.98. The molecule has 5 rings (SSSR count). The van der Waals surface area contributed by atoms with Crippen LogP contribution in [-0.2, 0) is 12.6 Å². The monoisotopic (exact) mass is 433 g/mol. The van der Waals surface area contributed by atoms with Gasteiger partial charge in [0.25, 0.3) is 0 Å². The van der Waals surface area contributed by atoms with E-state index in [4.69, 9.17) is 4.52 Å². The summed E-state index contributed by atoms with van der Waals surface area (Å²) >= 11 is 0. The Morgan fingerprint density at radius 1 is 1.06 bits per heavy atom. The number of nitrogens with one attached hydrogen (secondary N) is 1. The van der Waals surface area contributed by atoms with Gasteiger partial charge in [-0.15, -0.1) is 0 Å². The third-order valence-corrected chi connectivity index (χ3v) is 5.04. The fraction of sp³-hybridized carbons (Fsp3) is 0.130. The molecular formula is C23H14F3N5O. The number of hydrogen-bond acceptors (Lipinski definition) is 5. The van der Waals surface area contributed by atoms with Crippen molar-refractivity contribution in [3.8, 4) is 11.8 Å². The summed E-state index contributed by atoms with van der Waals surface area (Å²) in [6, 6.07) is 6.67. The van der Waals surface area contributed by atoms with Crippen LogP contribution in [0.25, 0.3) is 22.0 Å². The second kappa shape index (κ2) is 7.50. The van der Waals surface area contributed by atoms with Gasteiger partial charge in [0.15, 0.2) is 11.2 Å². The second-order valence-electron chi connectivity index (χ2n) is 7.30. The SMILES string of the molecule is Cc1ccc2c(Cc3cncc(C(F)(F)F)c3)noc2c1C#Cc1cnc2[nH]ncc2c1. The number of nitrogens with zero attached hydrogens (tertiary/aromatic N) is 4. The van der Waals surface area contributed by atoms with Crippen molar-refractivity contribution in [2.45, 2.75) is 19.5 Å². The maximum Gasteiger partial charge on any atom is 0.417 e. The molecule has 9 heteroatoms. The van der Waals surface area contributed by atoms with E-state index in [0.29, 0.717) is 39.0 Å². The van der Waals surface area contributed by atoms with Crippen molar-refractivity contribution in [1.29, 1.82) is 0 Å². The van der Waals surface area contributed by atoms with Crippen molar-refractivity contribution in [1.82, 2.24) is 25.3 Å². The smallest absolute Gasteiger partial charge is 0.355 e. The molecule has 1 N–H and O–H groups in total. The molecule has 4 aromatic heterocycles. The zero-order valence-electron chi connectivity index (χ0n) is 16.7. The Kier molecular flexibility index (Phi) is 4.63. The topological polar surface area (TPSA) is 80.5 Å². The van der Waals surface area contributed by atoms with Crippen molar-refractivity contribution in [2.24, 2.45) is 0 Å². The van der Waals surface area contributed by atoms with E-state index in [1.807, 2.05) is 25.1 Å². The molecule has 0 atom stereocenters. The van der Waals surface area contributed by atoms with E-state index in [1.165, 1.54) is 6.20 Å². The Hall–Kier alpha value is -4.19. The number of aryl methyl sites for hydroxylation is 1. The largest absolute Gasteiger partial charge is 0.417 e. The first kappa shape index (κ1) is 19.8. The van der Waals surface area contributed by atoms with Crippen LogP contribution in [-0.4, -0.2) is 25.3 Å². The quantitative estimate of drug-likeness (QED) is 0.404. The van der Waals surface area contributed by atoms with Gasteiger partial charge < -0.3 is 4.52 Å². The first-order valence-electron chi connectivity index (χ1n) is 9.58. The summed E-state index contributed by atoms with van der Waals surface area (Å²) in [5.41, 5.74) is 3.55. The normalized spacial score (nSPS) is 11.6. The molecule has 0 amide bonds. The van der Waals surface area contributed by atoms with Crippen LogP contribution >= 0.6 is 0 Å². The predicted octanol–water partition coefficient (Wildman–Crippen LogP) is 4.81. The van der Waals surface area contributed by atoms with E-state index >= 15 is 0 Å². The number of benzene rings is 1. The molecule has 0 aliphatic heterocycles. The van der Waals surface area contributed by atoms with E-state index in [0.717, 1.165) is 23.2 Å². The first-order valence-corrected chi connectivity index (χ1v) is 9.58. The number of pyridine rings is 2. The Bertz CT molecular complexity index is 1520. The number of alkyl halides is 3. The summed E-state index contributed by atoms with van der Waals surface area (Å²) in [7, 11) is 0. The zero-order chi connectivity index (χ0) is 22.3. The number of rotatable bonds is 2. The minimum atomic E-state index is -4.46. The Morgan fingerprint density at radius 3 is 2.78 bits per heavy atom. The van der Waals surface area contributed by atoms with Crippen LogP contribution in [0.4, 0.5) is 13.2 Å². The van der Waals surface area contributed by atoms with Gasteiger partial charge in [0.2, 0.25) is 0 Å². The number of aromatic amines is 1. The third-order valence-electron chi connectivity index (χ3n) is 5.04. The van der Waals surface area contributed by atoms with Crippen LogP contribution in [0, 0.1) is 18.8 Å².